The highest BCUT2D eigenvalue weighted by molar-refractivity contribution is 5.59. The highest BCUT2D eigenvalue weighted by atomic mass is 16.5. The van der Waals surface area contributed by atoms with Crippen LogP contribution in [0.15, 0.2) is 18.2 Å². The minimum absolute atomic E-state index is 0.753. The van der Waals surface area contributed by atoms with Crippen LogP contribution in [0.2, 0.25) is 0 Å². The molecule has 0 fully saturated rings. The third kappa shape index (κ3) is 2.67. The molecule has 1 aliphatic rings. The first-order chi connectivity index (χ1) is 7.77. The number of rotatable bonds is 4. The second-order valence-electron chi connectivity index (χ2n) is 4.46. The molecule has 1 aromatic rings. The molecule has 0 saturated carbocycles. The first-order valence-corrected chi connectivity index (χ1v) is 5.90. The van der Waals surface area contributed by atoms with E-state index in [-0.39, 0.29) is 0 Å². The van der Waals surface area contributed by atoms with Crippen LogP contribution in [0.5, 0.6) is 5.75 Å². The summed E-state index contributed by atoms with van der Waals surface area (Å²) < 4.78 is 5.83. The molecule has 0 aromatic heterocycles. The lowest BCUT2D eigenvalue weighted by molar-refractivity contribution is 0.259. The Morgan fingerprint density at radius 3 is 3.06 bits per heavy atom. The number of likely N-dealkylation sites (N-methyl/N-ethyl adjacent to an activating group) is 1. The second-order valence-corrected chi connectivity index (χ2v) is 4.46. The minimum Gasteiger partial charge on any atom is -0.492 e. The summed E-state index contributed by atoms with van der Waals surface area (Å²) in [6, 6.07) is 6.26. The zero-order valence-electron chi connectivity index (χ0n) is 10.1. The molecule has 0 radical (unpaired) electrons. The molecule has 0 aliphatic carbocycles. The smallest absolute Gasteiger partial charge is 0.124 e. The fourth-order valence-corrected chi connectivity index (χ4v) is 1.95. The van der Waals surface area contributed by atoms with E-state index in [1.54, 1.807) is 0 Å². The average molecular weight is 220 g/mol. The van der Waals surface area contributed by atoms with E-state index in [1.165, 1.54) is 17.7 Å². The number of hydrogen-bond acceptors (Lipinski definition) is 3. The van der Waals surface area contributed by atoms with Crippen molar-refractivity contribution in [2.75, 3.05) is 39.1 Å². The topological polar surface area (TPSA) is 24.5 Å². The SMILES string of the molecule is CN(C)CCOc1cccc2c1CCCN2. The van der Waals surface area contributed by atoms with Crippen LogP contribution >= 0.6 is 0 Å². The van der Waals surface area contributed by atoms with Gasteiger partial charge in [0.05, 0.1) is 0 Å². The number of nitrogens with zero attached hydrogens (tertiary/aromatic N) is 1. The van der Waals surface area contributed by atoms with Crippen LogP contribution < -0.4 is 10.1 Å². The summed E-state index contributed by atoms with van der Waals surface area (Å²) in [5.41, 5.74) is 2.58. The maximum absolute atomic E-state index is 5.83. The predicted octanol–water partition coefficient (Wildman–Crippen LogP) is 1.99. The van der Waals surface area contributed by atoms with Crippen molar-refractivity contribution < 1.29 is 4.74 Å². The third-order valence-electron chi connectivity index (χ3n) is 2.85. The fraction of sp³-hybridized carbons (Fsp3) is 0.538. The van der Waals surface area contributed by atoms with Gasteiger partial charge in [0.15, 0.2) is 0 Å². The lowest BCUT2D eigenvalue weighted by Gasteiger charge is -2.21. The summed E-state index contributed by atoms with van der Waals surface area (Å²) in [6.45, 7) is 2.79. The van der Waals surface area contributed by atoms with Crippen molar-refractivity contribution in [1.82, 2.24) is 4.90 Å². The van der Waals surface area contributed by atoms with E-state index in [0.29, 0.717) is 0 Å². The molecule has 0 amide bonds. The van der Waals surface area contributed by atoms with Crippen LogP contribution in [0.4, 0.5) is 5.69 Å². The molecule has 1 heterocycles. The monoisotopic (exact) mass is 220 g/mol. The Kier molecular flexibility index (Phi) is 3.67. The van der Waals surface area contributed by atoms with Crippen LogP contribution in [-0.4, -0.2) is 38.7 Å². The van der Waals surface area contributed by atoms with Crippen molar-refractivity contribution in [2.45, 2.75) is 12.8 Å². The molecule has 1 aromatic carbocycles. The first-order valence-electron chi connectivity index (χ1n) is 5.90. The average Bonchev–Trinajstić information content (AvgIpc) is 2.29. The number of benzene rings is 1. The maximum Gasteiger partial charge on any atom is 0.124 e. The summed E-state index contributed by atoms with van der Waals surface area (Å²) in [7, 11) is 4.12. The molecular weight excluding hydrogens is 200 g/mol. The molecule has 0 bridgehead atoms. The van der Waals surface area contributed by atoms with Crippen LogP contribution in [0.1, 0.15) is 12.0 Å². The quantitative estimate of drug-likeness (QED) is 0.839. The van der Waals surface area contributed by atoms with Crippen molar-refractivity contribution in [2.24, 2.45) is 0 Å². The van der Waals surface area contributed by atoms with Crippen molar-refractivity contribution in [3.63, 3.8) is 0 Å². The molecule has 1 aliphatic heterocycles. The van der Waals surface area contributed by atoms with Crippen LogP contribution in [0.25, 0.3) is 0 Å². The first kappa shape index (κ1) is 11.3. The lowest BCUT2D eigenvalue weighted by atomic mass is 10.0. The van der Waals surface area contributed by atoms with Gasteiger partial charge in [0.2, 0.25) is 0 Å². The van der Waals surface area contributed by atoms with Gasteiger partial charge in [0.1, 0.15) is 12.4 Å². The molecular formula is C13H20N2O. The highest BCUT2D eigenvalue weighted by Gasteiger charge is 2.12. The van der Waals surface area contributed by atoms with E-state index < -0.39 is 0 Å². The fourth-order valence-electron chi connectivity index (χ4n) is 1.95. The Balaban J connectivity index is 2.03. The van der Waals surface area contributed by atoms with Gasteiger partial charge in [-0.3, -0.25) is 0 Å². The molecule has 0 atom stereocenters. The van der Waals surface area contributed by atoms with Gasteiger partial charge in [-0.2, -0.15) is 0 Å². The normalized spacial score (nSPS) is 14.4. The molecule has 0 saturated heterocycles. The number of nitrogens with one attached hydrogen (secondary N) is 1. The van der Waals surface area contributed by atoms with Gasteiger partial charge in [0.25, 0.3) is 0 Å². The van der Waals surface area contributed by atoms with Crippen molar-refractivity contribution >= 4 is 5.69 Å². The zero-order valence-corrected chi connectivity index (χ0v) is 10.1. The van der Waals surface area contributed by atoms with Gasteiger partial charge in [-0.25, -0.2) is 0 Å². The number of anilines is 1. The molecule has 0 spiro atoms. The minimum atomic E-state index is 0.753. The molecule has 88 valence electrons. The maximum atomic E-state index is 5.83. The zero-order chi connectivity index (χ0) is 11.4. The van der Waals surface area contributed by atoms with Gasteiger partial charge in [-0.05, 0) is 39.1 Å². The van der Waals surface area contributed by atoms with Crippen LogP contribution in [0.3, 0.4) is 0 Å². The van der Waals surface area contributed by atoms with E-state index in [0.717, 1.165) is 31.9 Å². The number of fused-ring (bicyclic) bond motifs is 1. The largest absolute Gasteiger partial charge is 0.492 e. The Labute approximate surface area is 97.4 Å². The Morgan fingerprint density at radius 1 is 1.38 bits per heavy atom. The van der Waals surface area contributed by atoms with E-state index in [9.17, 15) is 0 Å². The summed E-state index contributed by atoms with van der Waals surface area (Å²) in [5, 5.41) is 3.41. The Bertz CT molecular complexity index is 350. The molecule has 1 N–H and O–H groups in total. The van der Waals surface area contributed by atoms with Gasteiger partial charge in [-0.1, -0.05) is 6.07 Å². The summed E-state index contributed by atoms with van der Waals surface area (Å²) in [6.07, 6.45) is 2.32. The van der Waals surface area contributed by atoms with E-state index in [1.807, 2.05) is 0 Å². The van der Waals surface area contributed by atoms with Crippen LogP contribution in [-0.2, 0) is 6.42 Å². The van der Waals surface area contributed by atoms with Crippen molar-refractivity contribution in [1.29, 1.82) is 0 Å². The predicted molar refractivity (Wildman–Crippen MR) is 67.3 cm³/mol. The number of ether oxygens (including phenoxy) is 1. The lowest BCUT2D eigenvalue weighted by Crippen LogP contribution is -2.20. The molecule has 2 rings (SSSR count). The van der Waals surface area contributed by atoms with Gasteiger partial charge in [-0.15, -0.1) is 0 Å². The van der Waals surface area contributed by atoms with Crippen molar-refractivity contribution in [3.05, 3.63) is 23.8 Å². The standard InChI is InChI=1S/C13H20N2O/c1-15(2)9-10-16-13-7-3-6-12-11(13)5-4-8-14-12/h3,6-7,14H,4-5,8-10H2,1-2H3. The number of hydrogen-bond donors (Lipinski definition) is 1. The molecule has 3 nitrogen and oxygen atoms in total. The third-order valence-corrected chi connectivity index (χ3v) is 2.85. The molecule has 3 heteroatoms. The Hall–Kier alpha value is -1.22. The van der Waals surface area contributed by atoms with Crippen molar-refractivity contribution in [3.8, 4) is 5.75 Å². The summed E-state index contributed by atoms with van der Waals surface area (Å²) in [4.78, 5) is 2.13. The van der Waals surface area contributed by atoms with Gasteiger partial charge in [0, 0.05) is 24.3 Å². The second kappa shape index (κ2) is 5.21. The van der Waals surface area contributed by atoms with E-state index in [4.69, 9.17) is 4.74 Å². The molecule has 16 heavy (non-hydrogen) atoms. The highest BCUT2D eigenvalue weighted by Crippen LogP contribution is 2.30. The van der Waals surface area contributed by atoms with E-state index in [2.05, 4.69) is 42.5 Å². The van der Waals surface area contributed by atoms with Gasteiger partial charge < -0.3 is 15.0 Å². The van der Waals surface area contributed by atoms with Gasteiger partial charge >= 0.3 is 0 Å². The molecule has 0 unspecified atom stereocenters. The van der Waals surface area contributed by atoms with E-state index >= 15 is 0 Å². The van der Waals surface area contributed by atoms with Crippen LogP contribution in [0, 0.1) is 0 Å². The summed E-state index contributed by atoms with van der Waals surface area (Å²) in [5.74, 6) is 1.05. The summed E-state index contributed by atoms with van der Waals surface area (Å²) >= 11 is 0. The Morgan fingerprint density at radius 2 is 2.25 bits per heavy atom.